The minimum atomic E-state index is -0.494. The summed E-state index contributed by atoms with van der Waals surface area (Å²) in [5.41, 5.74) is 3.92. The fourth-order valence-corrected chi connectivity index (χ4v) is 2.27. The summed E-state index contributed by atoms with van der Waals surface area (Å²) in [6.07, 6.45) is 4.51. The number of nitrogens with zero attached hydrogens (tertiary/aromatic N) is 2. The average Bonchev–Trinajstić information content (AvgIpc) is 2.69. The molecule has 6 nitrogen and oxygen atoms in total. The van der Waals surface area contributed by atoms with E-state index in [0.29, 0.717) is 27.5 Å². The Kier molecular flexibility index (Phi) is 5.91. The molecule has 134 valence electrons. The number of esters is 1. The third kappa shape index (κ3) is 5.23. The second-order valence-electron chi connectivity index (χ2n) is 5.40. The zero-order chi connectivity index (χ0) is 19.1. The van der Waals surface area contributed by atoms with Gasteiger partial charge in [0.05, 0.1) is 11.8 Å². The molecule has 27 heavy (non-hydrogen) atoms. The van der Waals surface area contributed by atoms with Crippen LogP contribution in [0.4, 0.5) is 0 Å². The van der Waals surface area contributed by atoms with E-state index < -0.39 is 5.97 Å². The molecule has 3 rings (SSSR count). The Bertz CT molecular complexity index is 973. The topological polar surface area (TPSA) is 80.6 Å². The van der Waals surface area contributed by atoms with Crippen LogP contribution >= 0.6 is 11.6 Å². The van der Waals surface area contributed by atoms with Gasteiger partial charge in [-0.3, -0.25) is 9.78 Å². The molecule has 0 aliphatic heterocycles. The van der Waals surface area contributed by atoms with Gasteiger partial charge in [0.2, 0.25) is 0 Å². The van der Waals surface area contributed by atoms with Crippen LogP contribution in [0.3, 0.4) is 0 Å². The lowest BCUT2D eigenvalue weighted by Gasteiger charge is -2.05. The van der Waals surface area contributed by atoms with Crippen molar-refractivity contribution >= 4 is 29.7 Å². The number of aromatic nitrogens is 1. The third-order valence-corrected chi connectivity index (χ3v) is 3.72. The normalized spacial score (nSPS) is 10.6. The van der Waals surface area contributed by atoms with Crippen LogP contribution in [0, 0.1) is 0 Å². The number of hydrogen-bond donors (Lipinski definition) is 1. The quantitative estimate of drug-likeness (QED) is 0.317. The Morgan fingerprint density at radius 2 is 1.74 bits per heavy atom. The van der Waals surface area contributed by atoms with Gasteiger partial charge in [-0.05, 0) is 54.1 Å². The minimum Gasteiger partial charge on any atom is -0.423 e. The molecule has 3 aromatic rings. The van der Waals surface area contributed by atoms with Gasteiger partial charge in [0.15, 0.2) is 0 Å². The first-order valence-electron chi connectivity index (χ1n) is 7.93. The first-order chi connectivity index (χ1) is 13.1. The highest BCUT2D eigenvalue weighted by Crippen LogP contribution is 2.16. The van der Waals surface area contributed by atoms with E-state index >= 15 is 0 Å². The van der Waals surface area contributed by atoms with Gasteiger partial charge in [0.1, 0.15) is 5.75 Å². The molecule has 1 N–H and O–H groups in total. The molecular weight excluding hydrogens is 366 g/mol. The molecule has 0 saturated carbocycles. The molecule has 2 aromatic carbocycles. The van der Waals surface area contributed by atoms with Crippen LogP contribution in [0.5, 0.6) is 5.75 Å². The first-order valence-corrected chi connectivity index (χ1v) is 8.31. The maximum absolute atomic E-state index is 12.1. The van der Waals surface area contributed by atoms with E-state index in [4.69, 9.17) is 16.3 Å². The summed E-state index contributed by atoms with van der Waals surface area (Å²) in [5, 5.41) is 4.45. The summed E-state index contributed by atoms with van der Waals surface area (Å²) in [6.45, 7) is 0. The Hall–Kier alpha value is -3.51. The van der Waals surface area contributed by atoms with Crippen molar-refractivity contribution in [3.8, 4) is 5.75 Å². The molecule has 0 atom stereocenters. The fourth-order valence-electron chi connectivity index (χ4n) is 2.14. The first kappa shape index (κ1) is 18.3. The summed E-state index contributed by atoms with van der Waals surface area (Å²) in [6, 6.07) is 16.4. The van der Waals surface area contributed by atoms with Crippen molar-refractivity contribution in [1.29, 1.82) is 0 Å². The van der Waals surface area contributed by atoms with Crippen molar-refractivity contribution in [3.05, 3.63) is 94.8 Å². The molecule has 0 saturated heterocycles. The maximum atomic E-state index is 12.1. The van der Waals surface area contributed by atoms with Crippen LogP contribution in [0.15, 0.2) is 78.2 Å². The van der Waals surface area contributed by atoms with E-state index in [1.807, 2.05) is 0 Å². The van der Waals surface area contributed by atoms with Crippen LogP contribution in [-0.4, -0.2) is 23.1 Å². The van der Waals surface area contributed by atoms with E-state index in [0.717, 1.165) is 0 Å². The number of amides is 1. The molecule has 7 heteroatoms. The number of nitrogens with one attached hydrogen (secondary N) is 1. The number of carbonyl (C=O) groups excluding carboxylic acids is 2. The summed E-state index contributed by atoms with van der Waals surface area (Å²) >= 11 is 5.81. The van der Waals surface area contributed by atoms with Gasteiger partial charge in [0, 0.05) is 23.0 Å². The predicted molar refractivity (Wildman–Crippen MR) is 102 cm³/mol. The van der Waals surface area contributed by atoms with Crippen molar-refractivity contribution in [3.63, 3.8) is 0 Å². The van der Waals surface area contributed by atoms with Crippen LogP contribution in [0.2, 0.25) is 5.02 Å². The number of halogens is 1. The second kappa shape index (κ2) is 8.73. The van der Waals surface area contributed by atoms with Crippen molar-refractivity contribution in [2.45, 2.75) is 0 Å². The number of pyridine rings is 1. The second-order valence-corrected chi connectivity index (χ2v) is 5.84. The van der Waals surface area contributed by atoms with Gasteiger partial charge in [-0.2, -0.15) is 5.10 Å². The summed E-state index contributed by atoms with van der Waals surface area (Å²) in [7, 11) is 0. The molecule has 0 spiro atoms. The Morgan fingerprint density at radius 1 is 1.00 bits per heavy atom. The molecule has 1 amide bonds. The highest BCUT2D eigenvalue weighted by Gasteiger charge is 2.08. The fraction of sp³-hybridized carbons (Fsp3) is 0. The van der Waals surface area contributed by atoms with Crippen molar-refractivity contribution in [2.24, 2.45) is 5.10 Å². The van der Waals surface area contributed by atoms with Gasteiger partial charge in [-0.15, -0.1) is 0 Å². The maximum Gasteiger partial charge on any atom is 0.343 e. The third-order valence-electron chi connectivity index (χ3n) is 3.47. The van der Waals surface area contributed by atoms with Gasteiger partial charge in [-0.25, -0.2) is 10.2 Å². The van der Waals surface area contributed by atoms with E-state index in [1.54, 1.807) is 60.7 Å². The Morgan fingerprint density at radius 3 is 2.48 bits per heavy atom. The van der Waals surface area contributed by atoms with Gasteiger partial charge in [0.25, 0.3) is 5.91 Å². The van der Waals surface area contributed by atoms with Crippen LogP contribution in [-0.2, 0) is 0 Å². The highest BCUT2D eigenvalue weighted by atomic mass is 35.5. The SMILES string of the molecule is O=C(N/N=C\c1cccc(OC(=O)c2ccc(Cl)cc2)c1)c1ccncc1. The lowest BCUT2D eigenvalue weighted by molar-refractivity contribution is 0.0734. The zero-order valence-corrected chi connectivity index (χ0v) is 14.8. The number of ether oxygens (including phenoxy) is 1. The zero-order valence-electron chi connectivity index (χ0n) is 14.0. The Labute approximate surface area is 160 Å². The minimum absolute atomic E-state index is 0.348. The van der Waals surface area contributed by atoms with Gasteiger partial charge in [-0.1, -0.05) is 23.7 Å². The van der Waals surface area contributed by atoms with Crippen molar-refractivity contribution in [2.75, 3.05) is 0 Å². The van der Waals surface area contributed by atoms with Crippen molar-refractivity contribution in [1.82, 2.24) is 10.4 Å². The van der Waals surface area contributed by atoms with Crippen LogP contribution in [0.25, 0.3) is 0 Å². The lowest BCUT2D eigenvalue weighted by Crippen LogP contribution is -2.17. The molecule has 1 aromatic heterocycles. The van der Waals surface area contributed by atoms with E-state index in [2.05, 4.69) is 15.5 Å². The van der Waals surface area contributed by atoms with Crippen LogP contribution < -0.4 is 10.2 Å². The molecule has 0 aliphatic rings. The standard InChI is InChI=1S/C20H14ClN3O3/c21-17-6-4-16(5-7-17)20(26)27-18-3-1-2-14(12-18)13-23-24-19(25)15-8-10-22-11-9-15/h1-13H,(H,24,25)/b23-13-. The van der Waals surface area contributed by atoms with Gasteiger partial charge >= 0.3 is 5.97 Å². The summed E-state index contributed by atoms with van der Waals surface area (Å²) in [5.74, 6) is -0.481. The molecule has 0 fully saturated rings. The summed E-state index contributed by atoms with van der Waals surface area (Å²) in [4.78, 5) is 27.9. The predicted octanol–water partition coefficient (Wildman–Crippen LogP) is 3.72. The molecule has 0 radical (unpaired) electrons. The molecular formula is C20H14ClN3O3. The molecule has 0 unspecified atom stereocenters. The van der Waals surface area contributed by atoms with E-state index in [-0.39, 0.29) is 5.91 Å². The smallest absolute Gasteiger partial charge is 0.343 e. The van der Waals surface area contributed by atoms with Gasteiger partial charge < -0.3 is 4.74 Å². The molecule has 0 aliphatic carbocycles. The van der Waals surface area contributed by atoms with Crippen LogP contribution in [0.1, 0.15) is 26.3 Å². The number of rotatable bonds is 5. The van der Waals surface area contributed by atoms with E-state index in [9.17, 15) is 9.59 Å². The molecule has 1 heterocycles. The van der Waals surface area contributed by atoms with E-state index in [1.165, 1.54) is 18.6 Å². The largest absolute Gasteiger partial charge is 0.423 e. The summed E-state index contributed by atoms with van der Waals surface area (Å²) < 4.78 is 5.34. The number of benzene rings is 2. The number of hydrogen-bond acceptors (Lipinski definition) is 5. The average molecular weight is 380 g/mol. The highest BCUT2D eigenvalue weighted by molar-refractivity contribution is 6.30. The molecule has 0 bridgehead atoms. The Balaban J connectivity index is 1.62. The monoisotopic (exact) mass is 379 g/mol. The lowest BCUT2D eigenvalue weighted by atomic mass is 10.2. The van der Waals surface area contributed by atoms with Crippen molar-refractivity contribution < 1.29 is 14.3 Å². The number of hydrazone groups is 1. The number of carbonyl (C=O) groups is 2.